The van der Waals surface area contributed by atoms with E-state index >= 15 is 0 Å². The van der Waals surface area contributed by atoms with Gasteiger partial charge in [-0.25, -0.2) is 0 Å². The fraction of sp³-hybridized carbons (Fsp3) is 0.417. The molecule has 0 aliphatic carbocycles. The molecule has 0 spiro atoms. The van der Waals surface area contributed by atoms with Gasteiger partial charge in [0.25, 0.3) is 5.91 Å². The Kier molecular flexibility index (Phi) is 4.63. The molecule has 7 heteroatoms. The summed E-state index contributed by atoms with van der Waals surface area (Å²) in [5, 5.41) is 11.9. The molecule has 0 aliphatic rings. The number of carbonyl (C=O) groups is 1. The van der Waals surface area contributed by atoms with Gasteiger partial charge in [0.05, 0.1) is 5.56 Å². The average molecular weight is 340 g/mol. The first-order valence-corrected chi connectivity index (χ1v) is 6.47. The van der Waals surface area contributed by atoms with Gasteiger partial charge in [0.15, 0.2) is 0 Å². The third-order valence-corrected chi connectivity index (χ3v) is 3.64. The Morgan fingerprint density at radius 2 is 2.00 bits per heavy atom. The summed E-state index contributed by atoms with van der Waals surface area (Å²) >= 11 is 2.95. The molecule has 0 radical (unpaired) electrons. The summed E-state index contributed by atoms with van der Waals surface area (Å²) in [6, 6.07) is 3.46. The van der Waals surface area contributed by atoms with Crippen LogP contribution in [0.25, 0.3) is 0 Å². The maximum absolute atomic E-state index is 12.7. The quantitative estimate of drug-likeness (QED) is 0.831. The zero-order chi connectivity index (χ0) is 14.8. The average Bonchev–Trinajstić information content (AvgIpc) is 2.30. The van der Waals surface area contributed by atoms with Crippen LogP contribution in [-0.4, -0.2) is 21.9 Å². The number of halogens is 4. The van der Waals surface area contributed by atoms with Crippen LogP contribution in [0.5, 0.6) is 0 Å². The van der Waals surface area contributed by atoms with Crippen LogP contribution in [0.3, 0.4) is 0 Å². The molecule has 0 bridgehead atoms. The third kappa shape index (κ3) is 3.94. The van der Waals surface area contributed by atoms with Crippen molar-refractivity contribution in [3.63, 3.8) is 0 Å². The van der Waals surface area contributed by atoms with E-state index < -0.39 is 23.2 Å². The van der Waals surface area contributed by atoms with Crippen LogP contribution in [0.4, 0.5) is 18.9 Å². The first-order chi connectivity index (χ1) is 8.58. The van der Waals surface area contributed by atoms with Gasteiger partial charge in [-0.2, -0.15) is 13.2 Å². The number of anilines is 1. The standard InChI is InChI=1S/C12H13BrF3NO2/c1-7-3-4-8(5-9(7)12(14,15)16)17-10(18)11(2,19)6-13/h3-5,19H,6H2,1-2H3,(H,17,18). The normalized spacial score (nSPS) is 14.9. The molecule has 1 atom stereocenters. The number of carbonyl (C=O) groups excluding carboxylic acids is 1. The number of hydrogen-bond donors (Lipinski definition) is 2. The maximum Gasteiger partial charge on any atom is 0.416 e. The lowest BCUT2D eigenvalue weighted by Crippen LogP contribution is -2.41. The topological polar surface area (TPSA) is 49.3 Å². The number of alkyl halides is 4. The smallest absolute Gasteiger partial charge is 0.379 e. The number of aliphatic hydroxyl groups is 1. The molecular formula is C12H13BrF3NO2. The van der Waals surface area contributed by atoms with Gasteiger partial charge in [-0.15, -0.1) is 0 Å². The van der Waals surface area contributed by atoms with Gasteiger partial charge in [-0.05, 0) is 31.5 Å². The Morgan fingerprint density at radius 1 is 1.42 bits per heavy atom. The Bertz CT molecular complexity index is 486. The van der Waals surface area contributed by atoms with Crippen molar-refractivity contribution in [2.45, 2.75) is 25.6 Å². The van der Waals surface area contributed by atoms with Gasteiger partial charge in [-0.1, -0.05) is 22.0 Å². The van der Waals surface area contributed by atoms with Crippen LogP contribution in [-0.2, 0) is 11.0 Å². The van der Waals surface area contributed by atoms with Gasteiger partial charge in [-0.3, -0.25) is 4.79 Å². The molecule has 1 aromatic rings. The van der Waals surface area contributed by atoms with Crippen LogP contribution in [0.1, 0.15) is 18.1 Å². The molecule has 0 aliphatic heterocycles. The molecule has 1 amide bonds. The minimum absolute atomic E-state index is 0.0100. The summed E-state index contributed by atoms with van der Waals surface area (Å²) in [4.78, 5) is 11.6. The van der Waals surface area contributed by atoms with Gasteiger partial charge in [0, 0.05) is 11.0 Å². The SMILES string of the molecule is Cc1ccc(NC(=O)C(C)(O)CBr)cc1C(F)(F)F. The van der Waals surface area contributed by atoms with Gasteiger partial charge in [0.2, 0.25) is 0 Å². The zero-order valence-corrected chi connectivity index (χ0v) is 11.9. The second-order valence-electron chi connectivity index (χ2n) is 4.39. The molecule has 0 saturated heterocycles. The Morgan fingerprint density at radius 3 is 2.47 bits per heavy atom. The lowest BCUT2D eigenvalue weighted by molar-refractivity contribution is -0.138. The highest BCUT2D eigenvalue weighted by Crippen LogP contribution is 2.33. The van der Waals surface area contributed by atoms with Gasteiger partial charge in [0.1, 0.15) is 5.60 Å². The molecule has 1 rings (SSSR count). The molecule has 19 heavy (non-hydrogen) atoms. The van der Waals surface area contributed by atoms with Crippen LogP contribution >= 0.6 is 15.9 Å². The summed E-state index contributed by atoms with van der Waals surface area (Å²) < 4.78 is 38.1. The molecule has 106 valence electrons. The van der Waals surface area contributed by atoms with Gasteiger partial charge < -0.3 is 10.4 Å². The number of aryl methyl sites for hydroxylation is 1. The van der Waals surface area contributed by atoms with Crippen molar-refractivity contribution in [3.8, 4) is 0 Å². The third-order valence-electron chi connectivity index (χ3n) is 2.55. The van der Waals surface area contributed by atoms with E-state index in [4.69, 9.17) is 0 Å². The molecule has 1 aromatic carbocycles. The van der Waals surface area contributed by atoms with E-state index in [0.717, 1.165) is 6.07 Å². The van der Waals surface area contributed by atoms with E-state index in [0.29, 0.717) is 0 Å². The van der Waals surface area contributed by atoms with Crippen LogP contribution < -0.4 is 5.32 Å². The van der Waals surface area contributed by atoms with Crippen molar-refractivity contribution < 1.29 is 23.1 Å². The Labute approximate surface area is 116 Å². The predicted molar refractivity (Wildman–Crippen MR) is 69.2 cm³/mol. The first-order valence-electron chi connectivity index (χ1n) is 5.35. The largest absolute Gasteiger partial charge is 0.416 e. The van der Waals surface area contributed by atoms with Crippen molar-refractivity contribution in [2.24, 2.45) is 0 Å². The van der Waals surface area contributed by atoms with E-state index in [1.54, 1.807) is 0 Å². The molecule has 0 heterocycles. The zero-order valence-electron chi connectivity index (χ0n) is 10.3. The fourth-order valence-corrected chi connectivity index (χ4v) is 1.59. The van der Waals surface area contributed by atoms with Crippen molar-refractivity contribution >= 4 is 27.5 Å². The van der Waals surface area contributed by atoms with E-state index in [1.807, 2.05) is 0 Å². The predicted octanol–water partition coefficient (Wildman–Crippen LogP) is 3.10. The minimum atomic E-state index is -4.48. The number of benzene rings is 1. The Hall–Kier alpha value is -1.08. The summed E-state index contributed by atoms with van der Waals surface area (Å²) in [5.74, 6) is -0.777. The molecule has 3 nitrogen and oxygen atoms in total. The second-order valence-corrected chi connectivity index (χ2v) is 4.95. The van der Waals surface area contributed by atoms with Crippen molar-refractivity contribution in [1.82, 2.24) is 0 Å². The highest BCUT2D eigenvalue weighted by Gasteiger charge is 2.33. The molecule has 0 aromatic heterocycles. The summed E-state index contributed by atoms with van der Waals surface area (Å²) in [6.45, 7) is 2.60. The minimum Gasteiger partial charge on any atom is -0.379 e. The molecule has 1 unspecified atom stereocenters. The number of amides is 1. The maximum atomic E-state index is 12.7. The van der Waals surface area contributed by atoms with Crippen LogP contribution in [0.2, 0.25) is 0 Å². The first kappa shape index (κ1) is 16.0. The summed E-state index contributed by atoms with van der Waals surface area (Å²) in [6.07, 6.45) is -4.48. The molecular weight excluding hydrogens is 327 g/mol. The van der Waals surface area contributed by atoms with Crippen LogP contribution in [0, 0.1) is 6.92 Å². The number of nitrogens with one attached hydrogen (secondary N) is 1. The number of rotatable bonds is 3. The summed E-state index contributed by atoms with van der Waals surface area (Å²) in [5.41, 5.74) is -2.45. The lowest BCUT2D eigenvalue weighted by Gasteiger charge is -2.20. The Balaban J connectivity index is 3.02. The van der Waals surface area contributed by atoms with E-state index in [9.17, 15) is 23.1 Å². The van der Waals surface area contributed by atoms with Crippen LogP contribution in [0.15, 0.2) is 18.2 Å². The lowest BCUT2D eigenvalue weighted by atomic mass is 10.1. The fourth-order valence-electron chi connectivity index (χ4n) is 1.33. The number of hydrogen-bond acceptors (Lipinski definition) is 2. The van der Waals surface area contributed by atoms with Gasteiger partial charge >= 0.3 is 6.18 Å². The van der Waals surface area contributed by atoms with E-state index in [1.165, 1.54) is 26.0 Å². The monoisotopic (exact) mass is 339 g/mol. The second kappa shape index (κ2) is 5.50. The molecule has 0 saturated carbocycles. The molecule has 2 N–H and O–H groups in total. The van der Waals surface area contributed by atoms with Crippen molar-refractivity contribution in [2.75, 3.05) is 10.6 Å². The highest BCUT2D eigenvalue weighted by atomic mass is 79.9. The molecule has 0 fully saturated rings. The van der Waals surface area contributed by atoms with E-state index in [2.05, 4.69) is 21.2 Å². The highest BCUT2D eigenvalue weighted by molar-refractivity contribution is 9.09. The van der Waals surface area contributed by atoms with E-state index in [-0.39, 0.29) is 16.6 Å². The van der Waals surface area contributed by atoms with Crippen molar-refractivity contribution in [3.05, 3.63) is 29.3 Å². The van der Waals surface area contributed by atoms with Crippen molar-refractivity contribution in [1.29, 1.82) is 0 Å². The summed E-state index contributed by atoms with van der Waals surface area (Å²) in [7, 11) is 0.